The lowest BCUT2D eigenvalue weighted by molar-refractivity contribution is -0.117. The highest BCUT2D eigenvalue weighted by molar-refractivity contribution is 9.10. The molecule has 0 saturated carbocycles. The van der Waals surface area contributed by atoms with Gasteiger partial charge in [-0.05, 0) is 52.5 Å². The number of aromatic nitrogens is 4. The van der Waals surface area contributed by atoms with Crippen molar-refractivity contribution >= 4 is 27.9 Å². The highest BCUT2D eigenvalue weighted by Crippen LogP contribution is 2.20. The number of benzene rings is 1. The summed E-state index contributed by atoms with van der Waals surface area (Å²) in [5, 5.41) is 10.7. The summed E-state index contributed by atoms with van der Waals surface area (Å²) < 4.78 is 21.7. The highest BCUT2D eigenvalue weighted by Gasteiger charge is 2.23. The van der Waals surface area contributed by atoms with Crippen LogP contribution in [0.5, 0.6) is 0 Å². The average molecular weight is 448 g/mol. The maximum atomic E-state index is 14.4. The quantitative estimate of drug-likeness (QED) is 0.577. The maximum Gasteiger partial charge on any atom is 0.249 e. The Kier molecular flexibility index (Phi) is 6.03. The summed E-state index contributed by atoms with van der Waals surface area (Å²) in [6.07, 6.45) is 6.12. The number of carbonyl (C=O) groups excluding carboxylic acids is 1. The van der Waals surface area contributed by atoms with Crippen molar-refractivity contribution in [1.29, 1.82) is 0 Å². The Morgan fingerprint density at radius 1 is 1.39 bits per heavy atom. The van der Waals surface area contributed by atoms with E-state index in [1.54, 1.807) is 31.5 Å². The first-order chi connectivity index (χ1) is 13.3. The predicted octanol–water partition coefficient (Wildman–Crippen LogP) is 3.99. The van der Waals surface area contributed by atoms with E-state index in [4.69, 9.17) is 4.52 Å². The Balaban J connectivity index is 1.70. The van der Waals surface area contributed by atoms with Gasteiger partial charge in [0.2, 0.25) is 11.8 Å². The molecule has 3 aromatic rings. The zero-order chi connectivity index (χ0) is 20.3. The molecule has 0 spiro atoms. The number of carbonyl (C=O) groups is 1. The van der Waals surface area contributed by atoms with E-state index in [1.807, 2.05) is 13.8 Å². The van der Waals surface area contributed by atoms with Crippen LogP contribution in [-0.2, 0) is 4.79 Å². The largest absolute Gasteiger partial charge is 0.340 e. The van der Waals surface area contributed by atoms with Gasteiger partial charge in [-0.1, -0.05) is 25.1 Å². The van der Waals surface area contributed by atoms with Gasteiger partial charge in [-0.2, -0.15) is 10.1 Å². The topological polar surface area (TPSA) is 85.8 Å². The first-order valence-electron chi connectivity index (χ1n) is 8.62. The molecule has 1 atom stereocenters. The number of nitrogens with one attached hydrogen (secondary N) is 1. The van der Waals surface area contributed by atoms with Crippen molar-refractivity contribution in [2.75, 3.05) is 0 Å². The summed E-state index contributed by atoms with van der Waals surface area (Å²) >= 11 is 3.28. The standard InChI is InChI=1S/C19H19BrFN5O2/c1-11(2)18(19-23-12(3)25-28-19)24-17(27)7-5-13-4-6-16(15(21)8-13)26-10-14(20)9-22-26/h4-11,18H,1-3H3,(H,24,27)/b7-5+. The number of hydrogen-bond donors (Lipinski definition) is 1. The van der Waals surface area contributed by atoms with Crippen LogP contribution in [0.15, 0.2) is 45.7 Å². The predicted molar refractivity (Wildman–Crippen MR) is 105 cm³/mol. The van der Waals surface area contributed by atoms with Crippen molar-refractivity contribution < 1.29 is 13.7 Å². The van der Waals surface area contributed by atoms with Crippen molar-refractivity contribution in [3.05, 3.63) is 64.2 Å². The lowest BCUT2D eigenvalue weighted by Crippen LogP contribution is -2.30. The minimum atomic E-state index is -0.445. The van der Waals surface area contributed by atoms with E-state index in [1.165, 1.54) is 22.9 Å². The molecule has 2 heterocycles. The van der Waals surface area contributed by atoms with Crippen molar-refractivity contribution in [3.8, 4) is 5.69 Å². The molecule has 7 nitrogen and oxygen atoms in total. The Morgan fingerprint density at radius 2 is 2.18 bits per heavy atom. The van der Waals surface area contributed by atoms with E-state index in [0.717, 1.165) is 4.47 Å². The second-order valence-electron chi connectivity index (χ2n) is 6.56. The molecule has 3 rings (SSSR count). The van der Waals surface area contributed by atoms with E-state index >= 15 is 0 Å². The molecule has 0 radical (unpaired) electrons. The maximum absolute atomic E-state index is 14.4. The molecule has 0 fully saturated rings. The Bertz CT molecular complexity index is 1010. The molecule has 0 bridgehead atoms. The number of aryl methyl sites for hydroxylation is 1. The van der Waals surface area contributed by atoms with Crippen LogP contribution in [-0.4, -0.2) is 25.8 Å². The monoisotopic (exact) mass is 447 g/mol. The Labute approximate surface area is 169 Å². The Morgan fingerprint density at radius 3 is 2.75 bits per heavy atom. The van der Waals surface area contributed by atoms with Gasteiger partial charge in [0.15, 0.2) is 5.82 Å². The average Bonchev–Trinajstić information content (AvgIpc) is 3.26. The van der Waals surface area contributed by atoms with Gasteiger partial charge in [-0.3, -0.25) is 4.79 Å². The summed E-state index contributed by atoms with van der Waals surface area (Å²) in [7, 11) is 0. The zero-order valence-electron chi connectivity index (χ0n) is 15.6. The van der Waals surface area contributed by atoms with Gasteiger partial charge in [-0.15, -0.1) is 0 Å². The summed E-state index contributed by atoms with van der Waals surface area (Å²) in [5.74, 6) is 0.136. The number of halogens is 2. The van der Waals surface area contributed by atoms with Crippen LogP contribution < -0.4 is 5.32 Å². The van der Waals surface area contributed by atoms with Crippen molar-refractivity contribution in [2.45, 2.75) is 26.8 Å². The third-order valence-corrected chi connectivity index (χ3v) is 4.38. The number of amides is 1. The van der Waals surface area contributed by atoms with Gasteiger partial charge in [0.25, 0.3) is 0 Å². The van der Waals surface area contributed by atoms with E-state index in [-0.39, 0.29) is 11.8 Å². The van der Waals surface area contributed by atoms with E-state index in [0.29, 0.717) is 23.0 Å². The number of nitrogens with zero attached hydrogens (tertiary/aromatic N) is 4. The first kappa shape index (κ1) is 19.9. The van der Waals surface area contributed by atoms with Crippen molar-refractivity contribution in [3.63, 3.8) is 0 Å². The smallest absolute Gasteiger partial charge is 0.249 e. The second kappa shape index (κ2) is 8.47. The van der Waals surface area contributed by atoms with Crippen LogP contribution in [0.2, 0.25) is 0 Å². The molecule has 1 amide bonds. The molecule has 0 aliphatic heterocycles. The fourth-order valence-electron chi connectivity index (χ4n) is 2.57. The van der Waals surface area contributed by atoms with Gasteiger partial charge in [0.1, 0.15) is 17.5 Å². The number of hydrogen-bond acceptors (Lipinski definition) is 5. The van der Waals surface area contributed by atoms with Crippen LogP contribution in [0, 0.1) is 18.7 Å². The molecule has 9 heteroatoms. The lowest BCUT2D eigenvalue weighted by Gasteiger charge is -2.17. The number of rotatable bonds is 6. The minimum Gasteiger partial charge on any atom is -0.340 e. The van der Waals surface area contributed by atoms with Gasteiger partial charge in [0.05, 0.1) is 10.7 Å². The third kappa shape index (κ3) is 4.72. The molecule has 28 heavy (non-hydrogen) atoms. The van der Waals surface area contributed by atoms with Gasteiger partial charge < -0.3 is 9.84 Å². The van der Waals surface area contributed by atoms with Gasteiger partial charge in [0, 0.05) is 12.3 Å². The van der Waals surface area contributed by atoms with E-state index in [2.05, 4.69) is 36.5 Å². The molecule has 0 aliphatic carbocycles. The summed E-state index contributed by atoms with van der Waals surface area (Å²) in [6.45, 7) is 5.60. The van der Waals surface area contributed by atoms with E-state index in [9.17, 15) is 9.18 Å². The lowest BCUT2D eigenvalue weighted by atomic mass is 10.0. The van der Waals surface area contributed by atoms with Crippen LogP contribution >= 0.6 is 15.9 Å². The molecule has 1 aromatic carbocycles. The van der Waals surface area contributed by atoms with Crippen molar-refractivity contribution in [1.82, 2.24) is 25.2 Å². The molecule has 0 saturated heterocycles. The summed E-state index contributed by atoms with van der Waals surface area (Å²) in [5.41, 5.74) is 0.872. The molecular weight excluding hydrogens is 429 g/mol. The van der Waals surface area contributed by atoms with Crippen LogP contribution in [0.1, 0.15) is 37.2 Å². The van der Waals surface area contributed by atoms with Crippen LogP contribution in [0.3, 0.4) is 0 Å². The summed E-state index contributed by atoms with van der Waals surface area (Å²) in [4.78, 5) is 16.5. The molecule has 0 aliphatic rings. The SMILES string of the molecule is Cc1noc(C(NC(=O)/C=C/c2ccc(-n3cc(Br)cn3)c(F)c2)C(C)C)n1. The van der Waals surface area contributed by atoms with Gasteiger partial charge >= 0.3 is 0 Å². The molecule has 146 valence electrons. The molecular formula is C19H19BrFN5O2. The minimum absolute atomic E-state index is 0.0577. The van der Waals surface area contributed by atoms with Crippen molar-refractivity contribution in [2.24, 2.45) is 5.92 Å². The van der Waals surface area contributed by atoms with Gasteiger partial charge in [-0.25, -0.2) is 9.07 Å². The highest BCUT2D eigenvalue weighted by atomic mass is 79.9. The summed E-state index contributed by atoms with van der Waals surface area (Å²) in [6, 6.07) is 4.25. The van der Waals surface area contributed by atoms with E-state index < -0.39 is 11.9 Å². The fourth-order valence-corrected chi connectivity index (χ4v) is 2.86. The fraction of sp³-hybridized carbons (Fsp3) is 0.263. The Hall–Kier alpha value is -2.81. The molecule has 1 N–H and O–H groups in total. The molecule has 1 unspecified atom stereocenters. The third-order valence-electron chi connectivity index (χ3n) is 3.97. The van der Waals surface area contributed by atoms with Crippen LogP contribution in [0.25, 0.3) is 11.8 Å². The molecule has 2 aromatic heterocycles. The normalized spacial score (nSPS) is 12.6. The second-order valence-corrected chi connectivity index (χ2v) is 7.47. The first-order valence-corrected chi connectivity index (χ1v) is 9.41. The van der Waals surface area contributed by atoms with Crippen LogP contribution in [0.4, 0.5) is 4.39 Å². The zero-order valence-corrected chi connectivity index (χ0v) is 17.1.